The second-order valence-corrected chi connectivity index (χ2v) is 7.09. The van der Waals surface area contributed by atoms with Gasteiger partial charge in [0.1, 0.15) is 6.33 Å². The summed E-state index contributed by atoms with van der Waals surface area (Å²) in [4.78, 5) is 15.7. The Hall–Kier alpha value is -2.59. The molecule has 1 saturated heterocycles. The average Bonchev–Trinajstić information content (AvgIpc) is 2.70. The van der Waals surface area contributed by atoms with Crippen LogP contribution in [0.1, 0.15) is 35.7 Å². The number of pyridine rings is 1. The highest BCUT2D eigenvalue weighted by molar-refractivity contribution is 5.62. The van der Waals surface area contributed by atoms with Gasteiger partial charge in [0.05, 0.1) is 0 Å². The molecular formula is C22H24N4. The van der Waals surface area contributed by atoms with Gasteiger partial charge in [-0.25, -0.2) is 9.97 Å². The number of hydrogen-bond donors (Lipinski definition) is 0. The van der Waals surface area contributed by atoms with Crippen LogP contribution < -0.4 is 0 Å². The van der Waals surface area contributed by atoms with Crippen molar-refractivity contribution in [1.29, 1.82) is 0 Å². The van der Waals surface area contributed by atoms with Crippen LogP contribution >= 0.6 is 0 Å². The van der Waals surface area contributed by atoms with Crippen molar-refractivity contribution in [2.45, 2.75) is 32.2 Å². The van der Waals surface area contributed by atoms with Crippen LogP contribution in [0, 0.1) is 6.92 Å². The minimum atomic E-state index is 0.533. The Morgan fingerprint density at radius 2 is 1.69 bits per heavy atom. The van der Waals surface area contributed by atoms with Crippen molar-refractivity contribution in [3.8, 4) is 11.1 Å². The molecule has 26 heavy (non-hydrogen) atoms. The molecule has 3 aromatic rings. The zero-order valence-corrected chi connectivity index (χ0v) is 15.2. The first kappa shape index (κ1) is 16.9. The molecule has 1 aliphatic rings. The SMILES string of the molecule is Cc1cc(-c2cncnc2)cc(C2CCN(Cc3ccccc3)CC2)n1. The molecule has 0 radical (unpaired) electrons. The van der Waals surface area contributed by atoms with Crippen molar-refractivity contribution >= 4 is 0 Å². The quantitative estimate of drug-likeness (QED) is 0.710. The summed E-state index contributed by atoms with van der Waals surface area (Å²) in [6.07, 6.45) is 7.63. The van der Waals surface area contributed by atoms with Crippen molar-refractivity contribution in [2.24, 2.45) is 0 Å². The Labute approximate surface area is 155 Å². The largest absolute Gasteiger partial charge is 0.299 e. The number of hydrogen-bond acceptors (Lipinski definition) is 4. The minimum Gasteiger partial charge on any atom is -0.299 e. The Bertz CT molecular complexity index is 841. The molecule has 1 aliphatic heterocycles. The van der Waals surface area contributed by atoms with Crippen molar-refractivity contribution in [3.63, 3.8) is 0 Å². The topological polar surface area (TPSA) is 41.9 Å². The van der Waals surface area contributed by atoms with Crippen LogP contribution in [0.3, 0.4) is 0 Å². The fraction of sp³-hybridized carbons (Fsp3) is 0.318. The zero-order valence-electron chi connectivity index (χ0n) is 15.2. The lowest BCUT2D eigenvalue weighted by atomic mass is 9.91. The Kier molecular flexibility index (Phi) is 5.02. The molecule has 0 saturated carbocycles. The molecule has 0 atom stereocenters. The van der Waals surface area contributed by atoms with Crippen molar-refractivity contribution in [2.75, 3.05) is 13.1 Å². The van der Waals surface area contributed by atoms with Crippen LogP contribution in [0.2, 0.25) is 0 Å². The maximum absolute atomic E-state index is 4.83. The lowest BCUT2D eigenvalue weighted by Crippen LogP contribution is -2.32. The van der Waals surface area contributed by atoms with Crippen LogP contribution in [0.5, 0.6) is 0 Å². The van der Waals surface area contributed by atoms with Gasteiger partial charge in [0.25, 0.3) is 0 Å². The highest BCUT2D eigenvalue weighted by Crippen LogP contribution is 2.30. The van der Waals surface area contributed by atoms with E-state index in [2.05, 4.69) is 64.3 Å². The third-order valence-electron chi connectivity index (χ3n) is 5.12. The lowest BCUT2D eigenvalue weighted by molar-refractivity contribution is 0.203. The first-order valence-electron chi connectivity index (χ1n) is 9.28. The zero-order chi connectivity index (χ0) is 17.8. The number of piperidine rings is 1. The van der Waals surface area contributed by atoms with Gasteiger partial charge in [-0.2, -0.15) is 0 Å². The third kappa shape index (κ3) is 3.97. The second kappa shape index (κ2) is 7.75. The van der Waals surface area contributed by atoms with Crippen LogP contribution in [-0.2, 0) is 6.54 Å². The Balaban J connectivity index is 1.45. The van der Waals surface area contributed by atoms with Gasteiger partial charge in [-0.15, -0.1) is 0 Å². The van der Waals surface area contributed by atoms with E-state index >= 15 is 0 Å². The number of benzene rings is 1. The molecule has 0 amide bonds. The maximum atomic E-state index is 4.83. The number of rotatable bonds is 4. The van der Waals surface area contributed by atoms with Crippen molar-refractivity contribution < 1.29 is 0 Å². The fourth-order valence-corrected chi connectivity index (χ4v) is 3.75. The van der Waals surface area contributed by atoms with Gasteiger partial charge in [0.2, 0.25) is 0 Å². The molecule has 4 rings (SSSR count). The van der Waals surface area contributed by atoms with Crippen LogP contribution in [0.4, 0.5) is 0 Å². The van der Waals surface area contributed by atoms with E-state index in [1.54, 1.807) is 6.33 Å². The lowest BCUT2D eigenvalue weighted by Gasteiger charge is -2.32. The van der Waals surface area contributed by atoms with Crippen LogP contribution in [0.15, 0.2) is 61.2 Å². The number of aromatic nitrogens is 3. The highest BCUT2D eigenvalue weighted by Gasteiger charge is 2.22. The van der Waals surface area contributed by atoms with Crippen molar-refractivity contribution in [1.82, 2.24) is 19.9 Å². The molecule has 0 aliphatic carbocycles. The van der Waals surface area contributed by atoms with E-state index in [4.69, 9.17) is 4.98 Å². The Morgan fingerprint density at radius 1 is 0.962 bits per heavy atom. The molecular weight excluding hydrogens is 320 g/mol. The first-order chi connectivity index (χ1) is 12.8. The smallest absolute Gasteiger partial charge is 0.115 e. The average molecular weight is 344 g/mol. The molecule has 0 unspecified atom stereocenters. The number of nitrogens with zero attached hydrogens (tertiary/aromatic N) is 4. The summed E-state index contributed by atoms with van der Waals surface area (Å²) in [5.41, 5.74) is 5.89. The predicted octanol–water partition coefficient (Wildman–Crippen LogP) is 4.23. The van der Waals surface area contributed by atoms with Gasteiger partial charge in [-0.1, -0.05) is 30.3 Å². The van der Waals surface area contributed by atoms with E-state index in [1.165, 1.54) is 16.8 Å². The maximum Gasteiger partial charge on any atom is 0.115 e. The number of aryl methyl sites for hydroxylation is 1. The normalized spacial score (nSPS) is 15.9. The van der Waals surface area contributed by atoms with Crippen molar-refractivity contribution in [3.05, 3.63) is 78.1 Å². The molecule has 1 fully saturated rings. The van der Waals surface area contributed by atoms with E-state index in [0.717, 1.165) is 43.7 Å². The van der Waals surface area contributed by atoms with E-state index in [-0.39, 0.29) is 0 Å². The molecule has 0 N–H and O–H groups in total. The van der Waals surface area contributed by atoms with E-state index in [1.807, 2.05) is 12.4 Å². The summed E-state index contributed by atoms with van der Waals surface area (Å²) < 4.78 is 0. The fourth-order valence-electron chi connectivity index (χ4n) is 3.75. The summed E-state index contributed by atoms with van der Waals surface area (Å²) in [6.45, 7) is 5.36. The van der Waals surface area contributed by atoms with Gasteiger partial charge >= 0.3 is 0 Å². The first-order valence-corrected chi connectivity index (χ1v) is 9.28. The molecule has 4 nitrogen and oxygen atoms in total. The third-order valence-corrected chi connectivity index (χ3v) is 5.12. The Morgan fingerprint density at radius 3 is 2.42 bits per heavy atom. The summed E-state index contributed by atoms with van der Waals surface area (Å²) >= 11 is 0. The van der Waals surface area contributed by atoms with Gasteiger partial charge in [0.15, 0.2) is 0 Å². The van der Waals surface area contributed by atoms with Gasteiger partial charge in [-0.05, 0) is 56.1 Å². The van der Waals surface area contributed by atoms with Crippen LogP contribution in [0.25, 0.3) is 11.1 Å². The van der Waals surface area contributed by atoms with Crippen LogP contribution in [-0.4, -0.2) is 32.9 Å². The second-order valence-electron chi connectivity index (χ2n) is 7.09. The summed E-state index contributed by atoms with van der Waals surface area (Å²) in [5, 5.41) is 0. The summed E-state index contributed by atoms with van der Waals surface area (Å²) in [6, 6.07) is 15.1. The molecule has 3 heterocycles. The number of likely N-dealkylation sites (tertiary alicyclic amines) is 1. The molecule has 4 heteroatoms. The summed E-state index contributed by atoms with van der Waals surface area (Å²) in [5.74, 6) is 0.533. The molecule has 0 spiro atoms. The molecule has 132 valence electrons. The van der Waals surface area contributed by atoms with E-state index in [9.17, 15) is 0 Å². The standard InChI is InChI=1S/C22H24N4/c1-17-11-20(21-13-23-16-24-14-21)12-22(25-17)19-7-9-26(10-8-19)15-18-5-3-2-4-6-18/h2-6,11-14,16,19H,7-10,15H2,1H3. The van der Waals surface area contributed by atoms with Gasteiger partial charge in [0, 0.05) is 41.8 Å². The van der Waals surface area contributed by atoms with Gasteiger partial charge < -0.3 is 0 Å². The van der Waals surface area contributed by atoms with Gasteiger partial charge in [-0.3, -0.25) is 9.88 Å². The van der Waals surface area contributed by atoms with E-state index < -0.39 is 0 Å². The molecule has 2 aromatic heterocycles. The predicted molar refractivity (Wildman–Crippen MR) is 104 cm³/mol. The molecule has 0 bridgehead atoms. The molecule has 1 aromatic carbocycles. The minimum absolute atomic E-state index is 0.533. The highest BCUT2D eigenvalue weighted by atomic mass is 15.1. The van der Waals surface area contributed by atoms with E-state index in [0.29, 0.717) is 5.92 Å². The summed E-state index contributed by atoms with van der Waals surface area (Å²) in [7, 11) is 0. The monoisotopic (exact) mass is 344 g/mol.